The van der Waals surface area contributed by atoms with Gasteiger partial charge in [-0.2, -0.15) is 0 Å². The maximum Gasteiger partial charge on any atom is 0.337 e. The van der Waals surface area contributed by atoms with Gasteiger partial charge in [-0.15, -0.1) is 0 Å². The summed E-state index contributed by atoms with van der Waals surface area (Å²) in [5.41, 5.74) is -0.00654. The lowest BCUT2D eigenvalue weighted by molar-refractivity contribution is -0.151. The van der Waals surface area contributed by atoms with E-state index in [0.717, 1.165) is 0 Å². The van der Waals surface area contributed by atoms with Gasteiger partial charge in [0.25, 0.3) is 0 Å². The van der Waals surface area contributed by atoms with Crippen molar-refractivity contribution in [3.05, 3.63) is 35.6 Å². The zero-order chi connectivity index (χ0) is 12.0. The Labute approximate surface area is 92.3 Å². The molecule has 1 aromatic carbocycles. The van der Waals surface area contributed by atoms with Gasteiger partial charge in [0.05, 0.1) is 6.61 Å². The van der Waals surface area contributed by atoms with Crippen LogP contribution in [0.1, 0.15) is 18.1 Å². The number of ether oxygens (including phenoxy) is 1. The van der Waals surface area contributed by atoms with Gasteiger partial charge in [-0.3, -0.25) is 0 Å². The quantitative estimate of drug-likeness (QED) is 0.721. The third-order valence-corrected chi connectivity index (χ3v) is 2.00. The molecular weight excluding hydrogens is 215 g/mol. The zero-order valence-electron chi connectivity index (χ0n) is 8.60. The summed E-state index contributed by atoms with van der Waals surface area (Å²) < 4.78 is 18.3. The number of halogens is 1. The molecule has 1 aromatic rings. The van der Waals surface area contributed by atoms with Gasteiger partial charge in [0, 0.05) is 12.2 Å². The number of benzene rings is 1. The normalized spacial score (nSPS) is 12.4. The molecule has 5 heteroatoms. The van der Waals surface area contributed by atoms with Gasteiger partial charge in [0.2, 0.25) is 0 Å². The summed E-state index contributed by atoms with van der Waals surface area (Å²) in [5.74, 6) is -1.86. The Hall–Kier alpha value is -1.46. The van der Waals surface area contributed by atoms with Crippen molar-refractivity contribution in [1.82, 2.24) is 0 Å². The van der Waals surface area contributed by atoms with Crippen LogP contribution in [0.15, 0.2) is 24.3 Å². The Bertz CT molecular complexity index is 354. The number of hydrogen-bond acceptors (Lipinski definition) is 3. The van der Waals surface area contributed by atoms with Gasteiger partial charge in [-0.25, -0.2) is 9.18 Å². The lowest BCUT2D eigenvalue weighted by atomic mass is 10.1. The number of hydrogen-bond donors (Lipinski definition) is 2. The van der Waals surface area contributed by atoms with E-state index in [4.69, 9.17) is 14.9 Å². The van der Waals surface area contributed by atoms with Crippen molar-refractivity contribution < 1.29 is 24.1 Å². The Morgan fingerprint density at radius 3 is 2.69 bits per heavy atom. The highest BCUT2D eigenvalue weighted by molar-refractivity contribution is 5.74. The van der Waals surface area contributed by atoms with Crippen molar-refractivity contribution in [2.45, 2.75) is 12.5 Å². The summed E-state index contributed by atoms with van der Waals surface area (Å²) in [4.78, 5) is 10.9. The molecule has 0 radical (unpaired) electrons. The lowest BCUT2D eigenvalue weighted by Gasteiger charge is -2.14. The maximum absolute atomic E-state index is 13.3. The number of aliphatic carboxylic acids is 1. The molecular formula is C11H13FO4. The molecule has 4 nitrogen and oxygen atoms in total. The van der Waals surface area contributed by atoms with E-state index < -0.39 is 17.9 Å². The molecule has 1 unspecified atom stereocenters. The van der Waals surface area contributed by atoms with E-state index in [-0.39, 0.29) is 18.8 Å². The third-order valence-electron chi connectivity index (χ3n) is 2.00. The Balaban J connectivity index is 2.78. The summed E-state index contributed by atoms with van der Waals surface area (Å²) in [7, 11) is 0. The zero-order valence-corrected chi connectivity index (χ0v) is 8.60. The van der Waals surface area contributed by atoms with Gasteiger partial charge in [0.15, 0.2) is 6.10 Å². The first-order valence-corrected chi connectivity index (χ1v) is 4.86. The van der Waals surface area contributed by atoms with E-state index in [2.05, 4.69) is 0 Å². The highest BCUT2D eigenvalue weighted by atomic mass is 19.1. The predicted octanol–water partition coefficient (Wildman–Crippen LogP) is 1.35. The summed E-state index contributed by atoms with van der Waals surface area (Å²) >= 11 is 0. The van der Waals surface area contributed by atoms with Crippen LogP contribution in [0.2, 0.25) is 0 Å². The minimum absolute atomic E-state index is 0.00654. The molecule has 0 aliphatic carbocycles. The first-order valence-electron chi connectivity index (χ1n) is 4.86. The fourth-order valence-corrected chi connectivity index (χ4v) is 1.25. The molecule has 0 spiro atoms. The van der Waals surface area contributed by atoms with E-state index in [1.807, 2.05) is 0 Å². The molecule has 0 saturated carbocycles. The first-order chi connectivity index (χ1) is 7.66. The van der Waals surface area contributed by atoms with Crippen LogP contribution in [-0.4, -0.2) is 29.4 Å². The number of rotatable bonds is 6. The molecule has 16 heavy (non-hydrogen) atoms. The fraction of sp³-hybridized carbons (Fsp3) is 0.364. The number of aliphatic hydroxyl groups excluding tert-OH is 1. The van der Waals surface area contributed by atoms with Crippen molar-refractivity contribution in [2.75, 3.05) is 13.2 Å². The molecule has 0 fully saturated rings. The highest BCUT2D eigenvalue weighted by Crippen LogP contribution is 2.20. The standard InChI is InChI=1S/C11H13FO4/c12-9-5-2-1-4-8(9)10(11(14)15)16-7-3-6-13/h1-2,4-5,10,13H,3,6-7H2,(H,14,15). The summed E-state index contributed by atoms with van der Waals surface area (Å²) in [6, 6.07) is 5.57. The monoisotopic (exact) mass is 228 g/mol. The largest absolute Gasteiger partial charge is 0.479 e. The molecule has 1 rings (SSSR count). The van der Waals surface area contributed by atoms with Crippen molar-refractivity contribution in [2.24, 2.45) is 0 Å². The minimum Gasteiger partial charge on any atom is -0.479 e. The van der Waals surface area contributed by atoms with Crippen LogP contribution in [0.4, 0.5) is 4.39 Å². The Morgan fingerprint density at radius 1 is 1.44 bits per heavy atom. The second-order valence-electron chi connectivity index (χ2n) is 3.19. The second-order valence-corrected chi connectivity index (χ2v) is 3.19. The predicted molar refractivity (Wildman–Crippen MR) is 54.4 cm³/mol. The van der Waals surface area contributed by atoms with Gasteiger partial charge < -0.3 is 14.9 Å². The van der Waals surface area contributed by atoms with E-state index in [9.17, 15) is 9.18 Å². The average Bonchev–Trinajstić information content (AvgIpc) is 2.25. The summed E-state index contributed by atoms with van der Waals surface area (Å²) in [5, 5.41) is 17.4. The van der Waals surface area contributed by atoms with Gasteiger partial charge in [-0.1, -0.05) is 18.2 Å². The number of aliphatic hydroxyl groups is 1. The summed E-state index contributed by atoms with van der Waals surface area (Å²) in [6.45, 7) is -0.0224. The average molecular weight is 228 g/mol. The molecule has 1 atom stereocenters. The van der Waals surface area contributed by atoms with Crippen LogP contribution < -0.4 is 0 Å². The first kappa shape index (κ1) is 12.6. The molecule has 0 heterocycles. The van der Waals surface area contributed by atoms with Gasteiger partial charge in [-0.05, 0) is 12.5 Å². The summed E-state index contributed by atoms with van der Waals surface area (Å²) in [6.07, 6.45) is -1.01. The molecule has 88 valence electrons. The molecule has 2 N–H and O–H groups in total. The molecule has 0 aromatic heterocycles. The molecule has 0 aliphatic heterocycles. The Morgan fingerprint density at radius 2 is 2.12 bits per heavy atom. The molecule has 0 aliphatic rings. The van der Waals surface area contributed by atoms with Crippen LogP contribution in [0, 0.1) is 5.82 Å². The lowest BCUT2D eigenvalue weighted by Crippen LogP contribution is -2.17. The fourth-order valence-electron chi connectivity index (χ4n) is 1.25. The van der Waals surface area contributed by atoms with Crippen LogP contribution in [0.25, 0.3) is 0 Å². The number of carbonyl (C=O) groups is 1. The Kier molecular flexibility index (Phi) is 4.88. The number of carboxylic acids is 1. The van der Waals surface area contributed by atoms with Crippen molar-refractivity contribution in [3.8, 4) is 0 Å². The SMILES string of the molecule is O=C(O)C(OCCCO)c1ccccc1F. The van der Waals surface area contributed by atoms with Crippen molar-refractivity contribution in [3.63, 3.8) is 0 Å². The van der Waals surface area contributed by atoms with Crippen molar-refractivity contribution >= 4 is 5.97 Å². The second kappa shape index (κ2) is 6.19. The maximum atomic E-state index is 13.3. The number of carboxylic acid groups (broad SMARTS) is 1. The van der Waals surface area contributed by atoms with E-state index in [0.29, 0.717) is 6.42 Å². The molecule has 0 bridgehead atoms. The van der Waals surface area contributed by atoms with E-state index in [1.165, 1.54) is 18.2 Å². The topological polar surface area (TPSA) is 66.8 Å². The van der Waals surface area contributed by atoms with Crippen LogP contribution in [-0.2, 0) is 9.53 Å². The molecule has 0 saturated heterocycles. The van der Waals surface area contributed by atoms with Crippen LogP contribution >= 0.6 is 0 Å². The highest BCUT2D eigenvalue weighted by Gasteiger charge is 2.23. The minimum atomic E-state index is -1.33. The van der Waals surface area contributed by atoms with Gasteiger partial charge >= 0.3 is 5.97 Å². The van der Waals surface area contributed by atoms with Gasteiger partial charge in [0.1, 0.15) is 5.82 Å². The van der Waals surface area contributed by atoms with Crippen LogP contribution in [0.3, 0.4) is 0 Å². The van der Waals surface area contributed by atoms with E-state index in [1.54, 1.807) is 6.07 Å². The third kappa shape index (κ3) is 3.29. The van der Waals surface area contributed by atoms with Crippen LogP contribution in [0.5, 0.6) is 0 Å². The smallest absolute Gasteiger partial charge is 0.337 e. The van der Waals surface area contributed by atoms with E-state index >= 15 is 0 Å². The van der Waals surface area contributed by atoms with Crippen molar-refractivity contribution in [1.29, 1.82) is 0 Å². The molecule has 0 amide bonds.